The second-order valence-corrected chi connectivity index (χ2v) is 7.57. The highest BCUT2D eigenvalue weighted by Crippen LogP contribution is 2.17. The molecule has 2 aromatic rings. The van der Waals surface area contributed by atoms with Crippen LogP contribution in [0.3, 0.4) is 0 Å². The molecule has 0 radical (unpaired) electrons. The van der Waals surface area contributed by atoms with Crippen LogP contribution in [-0.4, -0.2) is 40.8 Å². The summed E-state index contributed by atoms with van der Waals surface area (Å²) in [5.74, 6) is 0.417. The fourth-order valence-electron chi connectivity index (χ4n) is 2.24. The number of benzene rings is 2. The summed E-state index contributed by atoms with van der Waals surface area (Å²) >= 11 is 0. The summed E-state index contributed by atoms with van der Waals surface area (Å²) in [5.41, 5.74) is 1.61. The topological polar surface area (TPSA) is 90.9 Å². The van der Waals surface area contributed by atoms with Crippen molar-refractivity contribution in [2.24, 2.45) is 0 Å². The molecule has 0 spiro atoms. The normalized spacial score (nSPS) is 11.2. The van der Waals surface area contributed by atoms with Crippen LogP contribution in [0.1, 0.15) is 18.9 Å². The molecule has 2 aromatic carbocycles. The second-order valence-electron chi connectivity index (χ2n) is 5.96. The van der Waals surface area contributed by atoms with Crippen LogP contribution < -0.4 is 10.1 Å². The van der Waals surface area contributed by atoms with E-state index in [9.17, 15) is 13.2 Å². The molecule has 8 heteroatoms. The average Bonchev–Trinajstić information content (AvgIpc) is 2.67. The maximum absolute atomic E-state index is 12.1. The van der Waals surface area contributed by atoms with E-state index >= 15 is 0 Å². The molecule has 28 heavy (non-hydrogen) atoms. The van der Waals surface area contributed by atoms with Gasteiger partial charge in [-0.05, 0) is 50.2 Å². The minimum absolute atomic E-state index is 0.0746. The lowest BCUT2D eigenvalue weighted by Crippen LogP contribution is -2.14. The molecule has 0 aliphatic heterocycles. The summed E-state index contributed by atoms with van der Waals surface area (Å²) in [4.78, 5) is 11.8. The molecule has 0 fully saturated rings. The Balaban J connectivity index is 1.74. The van der Waals surface area contributed by atoms with Crippen molar-refractivity contribution >= 4 is 21.7 Å². The lowest BCUT2D eigenvalue weighted by Gasteiger charge is -2.09. The van der Waals surface area contributed by atoms with Crippen LogP contribution in [0, 0.1) is 6.92 Å². The molecule has 7 nitrogen and oxygen atoms in total. The summed E-state index contributed by atoms with van der Waals surface area (Å²) in [7, 11) is -3.80. The first-order valence-corrected chi connectivity index (χ1v) is 10.4. The zero-order chi connectivity index (χ0) is 20.4. The molecule has 0 saturated carbocycles. The number of rotatable bonds is 11. The van der Waals surface area contributed by atoms with Gasteiger partial charge in [-0.1, -0.05) is 17.7 Å². The SMILES string of the molecule is CCOCCC(=O)Nc1ccc(OCCOS(=O)(=O)c2ccc(C)cc2)cc1. The van der Waals surface area contributed by atoms with E-state index in [2.05, 4.69) is 5.32 Å². The van der Waals surface area contributed by atoms with E-state index in [4.69, 9.17) is 13.7 Å². The van der Waals surface area contributed by atoms with E-state index in [-0.39, 0.29) is 24.0 Å². The molecule has 1 N–H and O–H groups in total. The summed E-state index contributed by atoms with van der Waals surface area (Å²) in [6.45, 7) is 4.68. The van der Waals surface area contributed by atoms with Gasteiger partial charge in [0.1, 0.15) is 19.0 Å². The van der Waals surface area contributed by atoms with Gasteiger partial charge in [0, 0.05) is 12.3 Å². The average molecular weight is 407 g/mol. The molecular formula is C20H25NO6S. The second kappa shape index (κ2) is 10.8. The van der Waals surface area contributed by atoms with Crippen LogP contribution in [0.25, 0.3) is 0 Å². The molecule has 2 rings (SSSR count). The van der Waals surface area contributed by atoms with Gasteiger partial charge in [0.2, 0.25) is 5.91 Å². The highest BCUT2D eigenvalue weighted by molar-refractivity contribution is 7.86. The van der Waals surface area contributed by atoms with E-state index in [1.54, 1.807) is 36.4 Å². The van der Waals surface area contributed by atoms with Gasteiger partial charge >= 0.3 is 0 Å². The van der Waals surface area contributed by atoms with E-state index < -0.39 is 10.1 Å². The maximum Gasteiger partial charge on any atom is 0.297 e. The number of hydrogen-bond acceptors (Lipinski definition) is 6. The highest BCUT2D eigenvalue weighted by Gasteiger charge is 2.14. The van der Waals surface area contributed by atoms with Crippen LogP contribution in [0.5, 0.6) is 5.75 Å². The standard InChI is InChI=1S/C20H25NO6S/c1-3-25-13-12-20(22)21-17-6-8-18(9-7-17)26-14-15-27-28(23,24)19-10-4-16(2)5-11-19/h4-11H,3,12-15H2,1-2H3,(H,21,22). The Morgan fingerprint density at radius 2 is 1.64 bits per heavy atom. The van der Waals surface area contributed by atoms with Crippen molar-refractivity contribution in [3.63, 3.8) is 0 Å². The molecule has 0 bridgehead atoms. The van der Waals surface area contributed by atoms with E-state index in [0.717, 1.165) is 5.56 Å². The van der Waals surface area contributed by atoms with Crippen molar-refractivity contribution in [2.45, 2.75) is 25.2 Å². The molecule has 0 aliphatic carbocycles. The maximum atomic E-state index is 12.1. The number of nitrogens with one attached hydrogen (secondary N) is 1. The third kappa shape index (κ3) is 7.30. The Hall–Kier alpha value is -2.42. The largest absolute Gasteiger partial charge is 0.491 e. The number of carbonyl (C=O) groups is 1. The van der Waals surface area contributed by atoms with Crippen LogP contribution >= 0.6 is 0 Å². The van der Waals surface area contributed by atoms with Crippen molar-refractivity contribution in [3.8, 4) is 5.75 Å². The number of ether oxygens (including phenoxy) is 2. The van der Waals surface area contributed by atoms with Crippen molar-refractivity contribution < 1.29 is 26.9 Å². The number of amides is 1. The van der Waals surface area contributed by atoms with E-state index in [0.29, 0.717) is 31.1 Å². The Bertz CT molecular complexity index is 847. The van der Waals surface area contributed by atoms with Gasteiger partial charge in [-0.3, -0.25) is 8.98 Å². The Morgan fingerprint density at radius 1 is 0.964 bits per heavy atom. The predicted molar refractivity (Wildman–Crippen MR) is 106 cm³/mol. The van der Waals surface area contributed by atoms with Crippen LogP contribution in [0.15, 0.2) is 53.4 Å². The molecule has 0 heterocycles. The fourth-order valence-corrected chi connectivity index (χ4v) is 3.14. The molecule has 152 valence electrons. The predicted octanol–water partition coefficient (Wildman–Crippen LogP) is 3.14. The Kier molecular flexibility index (Phi) is 8.43. The zero-order valence-electron chi connectivity index (χ0n) is 16.0. The van der Waals surface area contributed by atoms with Gasteiger partial charge in [-0.25, -0.2) is 0 Å². The zero-order valence-corrected chi connectivity index (χ0v) is 16.8. The van der Waals surface area contributed by atoms with Gasteiger partial charge in [-0.2, -0.15) is 8.42 Å². The highest BCUT2D eigenvalue weighted by atomic mass is 32.2. The first-order valence-electron chi connectivity index (χ1n) is 8.97. The third-order valence-corrected chi connectivity index (χ3v) is 5.04. The minimum atomic E-state index is -3.80. The lowest BCUT2D eigenvalue weighted by atomic mass is 10.2. The van der Waals surface area contributed by atoms with Crippen LogP contribution in [0.2, 0.25) is 0 Å². The monoisotopic (exact) mass is 407 g/mol. The van der Waals surface area contributed by atoms with Gasteiger partial charge in [-0.15, -0.1) is 0 Å². The van der Waals surface area contributed by atoms with Gasteiger partial charge in [0.05, 0.1) is 17.9 Å². The third-order valence-electron chi connectivity index (χ3n) is 3.72. The first-order chi connectivity index (χ1) is 13.4. The van der Waals surface area contributed by atoms with Crippen LogP contribution in [0.4, 0.5) is 5.69 Å². The van der Waals surface area contributed by atoms with Gasteiger partial charge in [0.25, 0.3) is 10.1 Å². The summed E-state index contributed by atoms with van der Waals surface area (Å²) in [6, 6.07) is 13.2. The van der Waals surface area contributed by atoms with Gasteiger partial charge < -0.3 is 14.8 Å². The van der Waals surface area contributed by atoms with Crippen molar-refractivity contribution in [2.75, 3.05) is 31.7 Å². The van der Waals surface area contributed by atoms with E-state index in [1.165, 1.54) is 12.1 Å². The molecule has 0 aromatic heterocycles. The summed E-state index contributed by atoms with van der Waals surface area (Å²) in [5, 5.41) is 2.76. The number of anilines is 1. The Labute approximate surface area is 165 Å². The molecule has 1 amide bonds. The lowest BCUT2D eigenvalue weighted by molar-refractivity contribution is -0.117. The minimum Gasteiger partial charge on any atom is -0.491 e. The quantitative estimate of drug-likeness (QED) is 0.455. The smallest absolute Gasteiger partial charge is 0.297 e. The first kappa shape index (κ1) is 21.9. The number of aryl methyl sites for hydroxylation is 1. The number of hydrogen-bond donors (Lipinski definition) is 1. The molecule has 0 unspecified atom stereocenters. The summed E-state index contributed by atoms with van der Waals surface area (Å²) in [6.07, 6.45) is 0.291. The van der Waals surface area contributed by atoms with Crippen molar-refractivity contribution in [3.05, 3.63) is 54.1 Å². The van der Waals surface area contributed by atoms with Gasteiger partial charge in [0.15, 0.2) is 0 Å². The Morgan fingerprint density at radius 3 is 2.29 bits per heavy atom. The molecule has 0 atom stereocenters. The van der Waals surface area contributed by atoms with Crippen molar-refractivity contribution in [1.82, 2.24) is 0 Å². The molecule has 0 saturated heterocycles. The fraction of sp³-hybridized carbons (Fsp3) is 0.350. The summed E-state index contributed by atoms with van der Waals surface area (Å²) < 4.78 is 39.7. The van der Waals surface area contributed by atoms with E-state index in [1.807, 2.05) is 13.8 Å². The molecular weight excluding hydrogens is 382 g/mol. The van der Waals surface area contributed by atoms with Crippen LogP contribution in [-0.2, 0) is 23.8 Å². The van der Waals surface area contributed by atoms with Crippen molar-refractivity contribution in [1.29, 1.82) is 0 Å². The molecule has 0 aliphatic rings. The number of carbonyl (C=O) groups excluding carboxylic acids is 1.